The number of hydrogen-bond donors (Lipinski definition) is 2. The van der Waals surface area contributed by atoms with Gasteiger partial charge >= 0.3 is 0 Å². The van der Waals surface area contributed by atoms with Crippen molar-refractivity contribution in [2.24, 2.45) is 0 Å². The van der Waals surface area contributed by atoms with Crippen molar-refractivity contribution in [3.8, 4) is 0 Å². The summed E-state index contributed by atoms with van der Waals surface area (Å²) in [5.41, 5.74) is 5.88. The standard InChI is InChI=1S/C12H12N4O4S/c13-12-11(5-2-6-14-12)21(19,20)15-8-9-3-1-4-10(7-9)16(17)18/h1-7,15H,8H2,(H2,13,14). The number of sulfonamides is 1. The number of pyridine rings is 1. The van der Waals surface area contributed by atoms with E-state index in [9.17, 15) is 18.5 Å². The van der Waals surface area contributed by atoms with Gasteiger partial charge in [-0.2, -0.15) is 0 Å². The predicted molar refractivity (Wildman–Crippen MR) is 75.8 cm³/mol. The molecule has 0 unspecified atom stereocenters. The third-order valence-corrected chi connectivity index (χ3v) is 4.13. The molecule has 1 aromatic carbocycles. The molecule has 0 fully saturated rings. The molecule has 0 aliphatic rings. The Morgan fingerprint density at radius 1 is 1.29 bits per heavy atom. The van der Waals surface area contributed by atoms with Crippen molar-refractivity contribution in [2.75, 3.05) is 5.73 Å². The molecule has 0 spiro atoms. The largest absolute Gasteiger partial charge is 0.383 e. The Bertz CT molecular complexity index is 776. The van der Waals surface area contributed by atoms with Crippen molar-refractivity contribution in [1.82, 2.24) is 9.71 Å². The van der Waals surface area contributed by atoms with Crippen molar-refractivity contribution < 1.29 is 13.3 Å². The summed E-state index contributed by atoms with van der Waals surface area (Å²) >= 11 is 0. The highest BCUT2D eigenvalue weighted by Crippen LogP contribution is 2.16. The van der Waals surface area contributed by atoms with Gasteiger partial charge in [-0.1, -0.05) is 12.1 Å². The summed E-state index contributed by atoms with van der Waals surface area (Å²) in [7, 11) is -3.83. The second kappa shape index (κ2) is 5.85. The van der Waals surface area contributed by atoms with Crippen LogP contribution in [-0.4, -0.2) is 18.3 Å². The minimum Gasteiger partial charge on any atom is -0.383 e. The zero-order valence-electron chi connectivity index (χ0n) is 10.8. The van der Waals surface area contributed by atoms with Crippen LogP contribution in [0.1, 0.15) is 5.56 Å². The fourth-order valence-electron chi connectivity index (χ4n) is 1.67. The van der Waals surface area contributed by atoms with Gasteiger partial charge in [0.05, 0.1) is 4.92 Å². The molecule has 0 saturated carbocycles. The maximum Gasteiger partial charge on any atom is 0.269 e. The topological polar surface area (TPSA) is 128 Å². The van der Waals surface area contributed by atoms with Crippen LogP contribution in [0.4, 0.5) is 11.5 Å². The van der Waals surface area contributed by atoms with E-state index in [1.165, 1.54) is 36.5 Å². The second-order valence-corrected chi connectivity index (χ2v) is 5.87. The minimum absolute atomic E-state index is 0.0850. The van der Waals surface area contributed by atoms with E-state index in [1.54, 1.807) is 6.07 Å². The molecule has 0 radical (unpaired) electrons. The van der Waals surface area contributed by atoms with E-state index in [0.717, 1.165) is 0 Å². The van der Waals surface area contributed by atoms with Gasteiger partial charge in [-0.3, -0.25) is 10.1 Å². The summed E-state index contributed by atoms with van der Waals surface area (Å²) in [5, 5.41) is 10.7. The second-order valence-electron chi connectivity index (χ2n) is 4.14. The van der Waals surface area contributed by atoms with E-state index >= 15 is 0 Å². The lowest BCUT2D eigenvalue weighted by molar-refractivity contribution is -0.384. The van der Waals surface area contributed by atoms with E-state index < -0.39 is 14.9 Å². The summed E-state index contributed by atoms with van der Waals surface area (Å²) < 4.78 is 26.5. The number of nitro benzene ring substituents is 1. The molecular formula is C12H12N4O4S. The van der Waals surface area contributed by atoms with Crippen LogP contribution in [0.5, 0.6) is 0 Å². The van der Waals surface area contributed by atoms with Crippen LogP contribution >= 0.6 is 0 Å². The fraction of sp³-hybridized carbons (Fsp3) is 0.0833. The molecule has 1 aromatic heterocycles. The first kappa shape index (κ1) is 14.9. The van der Waals surface area contributed by atoms with E-state index in [0.29, 0.717) is 5.56 Å². The highest BCUT2D eigenvalue weighted by atomic mass is 32.2. The number of nitrogens with zero attached hydrogens (tertiary/aromatic N) is 2. The molecule has 3 N–H and O–H groups in total. The summed E-state index contributed by atoms with van der Waals surface area (Å²) in [6.07, 6.45) is 1.38. The van der Waals surface area contributed by atoms with Gasteiger partial charge in [0, 0.05) is 24.9 Å². The summed E-state index contributed by atoms with van der Waals surface area (Å²) in [6, 6.07) is 8.49. The number of non-ortho nitro benzene ring substituents is 1. The van der Waals surface area contributed by atoms with Crippen LogP contribution in [0.2, 0.25) is 0 Å². The fourth-order valence-corrected chi connectivity index (χ4v) is 2.76. The lowest BCUT2D eigenvalue weighted by atomic mass is 10.2. The van der Waals surface area contributed by atoms with Gasteiger partial charge in [-0.15, -0.1) is 0 Å². The van der Waals surface area contributed by atoms with Gasteiger partial charge in [-0.05, 0) is 17.7 Å². The molecule has 2 rings (SSSR count). The minimum atomic E-state index is -3.83. The third-order valence-electron chi connectivity index (χ3n) is 2.68. The van der Waals surface area contributed by atoms with Crippen molar-refractivity contribution in [1.29, 1.82) is 0 Å². The maximum atomic E-state index is 12.1. The molecule has 0 atom stereocenters. The molecule has 110 valence electrons. The Morgan fingerprint density at radius 2 is 2.05 bits per heavy atom. The van der Waals surface area contributed by atoms with Gasteiger partial charge in [0.2, 0.25) is 10.0 Å². The molecule has 21 heavy (non-hydrogen) atoms. The number of rotatable bonds is 5. The summed E-state index contributed by atoms with van der Waals surface area (Å²) in [6.45, 7) is -0.0850. The number of nitro groups is 1. The summed E-state index contributed by atoms with van der Waals surface area (Å²) in [5.74, 6) is -0.107. The normalized spacial score (nSPS) is 11.2. The number of anilines is 1. The zero-order chi connectivity index (χ0) is 15.5. The molecule has 2 aromatic rings. The van der Waals surface area contributed by atoms with Crippen LogP contribution in [0.3, 0.4) is 0 Å². The van der Waals surface area contributed by atoms with Crippen molar-refractivity contribution >= 4 is 21.5 Å². The average Bonchev–Trinajstić information content (AvgIpc) is 2.46. The number of nitrogens with two attached hydrogens (primary N) is 1. The zero-order valence-corrected chi connectivity index (χ0v) is 11.6. The predicted octanol–water partition coefficient (Wildman–Crippen LogP) is 1.05. The van der Waals surface area contributed by atoms with Crippen LogP contribution < -0.4 is 10.5 Å². The molecule has 0 aliphatic carbocycles. The Morgan fingerprint density at radius 3 is 2.71 bits per heavy atom. The Kier molecular flexibility index (Phi) is 4.15. The van der Waals surface area contributed by atoms with Crippen LogP contribution in [0.15, 0.2) is 47.5 Å². The number of hydrogen-bond acceptors (Lipinski definition) is 6. The maximum absolute atomic E-state index is 12.1. The van der Waals surface area contributed by atoms with Crippen molar-refractivity contribution in [3.05, 3.63) is 58.3 Å². The molecule has 0 bridgehead atoms. The van der Waals surface area contributed by atoms with Crippen LogP contribution in [0.25, 0.3) is 0 Å². The average molecular weight is 308 g/mol. The summed E-state index contributed by atoms with van der Waals surface area (Å²) in [4.78, 5) is 13.7. The SMILES string of the molecule is Nc1ncccc1S(=O)(=O)NCc1cccc([N+](=O)[O-])c1. The lowest BCUT2D eigenvalue weighted by Gasteiger charge is -2.08. The van der Waals surface area contributed by atoms with Crippen LogP contribution in [-0.2, 0) is 16.6 Å². The van der Waals surface area contributed by atoms with E-state index in [1.807, 2.05) is 0 Å². The van der Waals surface area contributed by atoms with E-state index in [2.05, 4.69) is 9.71 Å². The molecule has 0 saturated heterocycles. The Hall–Kier alpha value is -2.52. The Labute approximate surface area is 120 Å². The van der Waals surface area contributed by atoms with E-state index in [-0.39, 0.29) is 22.9 Å². The van der Waals surface area contributed by atoms with Crippen LogP contribution in [0, 0.1) is 10.1 Å². The van der Waals surface area contributed by atoms with Crippen molar-refractivity contribution in [3.63, 3.8) is 0 Å². The number of benzene rings is 1. The molecule has 8 nitrogen and oxygen atoms in total. The Balaban J connectivity index is 2.18. The highest BCUT2D eigenvalue weighted by molar-refractivity contribution is 7.89. The monoisotopic (exact) mass is 308 g/mol. The first-order valence-corrected chi connectivity index (χ1v) is 7.32. The molecular weight excluding hydrogens is 296 g/mol. The van der Waals surface area contributed by atoms with E-state index in [4.69, 9.17) is 5.73 Å². The van der Waals surface area contributed by atoms with Gasteiger partial charge in [0.15, 0.2) is 0 Å². The first-order valence-electron chi connectivity index (χ1n) is 5.83. The lowest BCUT2D eigenvalue weighted by Crippen LogP contribution is -2.24. The van der Waals surface area contributed by atoms with Crippen molar-refractivity contribution in [2.45, 2.75) is 11.4 Å². The van der Waals surface area contributed by atoms with Gasteiger partial charge in [0.25, 0.3) is 5.69 Å². The highest BCUT2D eigenvalue weighted by Gasteiger charge is 2.17. The molecule has 1 heterocycles. The first-order chi connectivity index (χ1) is 9.90. The third kappa shape index (κ3) is 3.52. The number of nitrogen functional groups attached to an aromatic ring is 1. The van der Waals surface area contributed by atoms with Gasteiger partial charge < -0.3 is 5.73 Å². The molecule has 0 amide bonds. The number of nitrogens with one attached hydrogen (secondary N) is 1. The smallest absolute Gasteiger partial charge is 0.269 e. The van der Waals surface area contributed by atoms with Gasteiger partial charge in [0.1, 0.15) is 10.7 Å². The van der Waals surface area contributed by atoms with Gasteiger partial charge in [-0.25, -0.2) is 18.1 Å². The quantitative estimate of drug-likeness (QED) is 0.627. The molecule has 0 aliphatic heterocycles. The number of aromatic nitrogens is 1. The molecule has 9 heteroatoms.